The van der Waals surface area contributed by atoms with E-state index in [-0.39, 0.29) is 25.0 Å². The van der Waals surface area contributed by atoms with Gasteiger partial charge in [0.2, 0.25) is 29.5 Å². The van der Waals surface area contributed by atoms with E-state index in [0.29, 0.717) is 25.7 Å². The third-order valence-corrected chi connectivity index (χ3v) is 9.74. The molecule has 0 bridgehead atoms. The van der Waals surface area contributed by atoms with Crippen LogP contribution in [-0.2, 0) is 28.7 Å². The van der Waals surface area contributed by atoms with E-state index >= 15 is 0 Å². The minimum atomic E-state index is -1.32. The zero-order chi connectivity index (χ0) is 35.8. The highest BCUT2D eigenvalue weighted by Crippen LogP contribution is 2.28. The molecule has 2 aliphatic rings. The lowest BCUT2D eigenvalue weighted by Crippen LogP contribution is -2.62. The van der Waals surface area contributed by atoms with Gasteiger partial charge in [-0.2, -0.15) is 0 Å². The normalized spacial score (nSPS) is 30.3. The molecule has 7 N–H and O–H groups in total. The first-order valence-electron chi connectivity index (χ1n) is 18.4. The summed E-state index contributed by atoms with van der Waals surface area (Å²) in [5.41, 5.74) is 5.93. The van der Waals surface area contributed by atoms with Crippen LogP contribution in [0.15, 0.2) is 0 Å². The van der Waals surface area contributed by atoms with Crippen LogP contribution in [0.5, 0.6) is 0 Å². The Morgan fingerprint density at radius 2 is 1.48 bits per heavy atom. The number of carbonyl (C=O) groups is 5. The smallest absolute Gasteiger partial charge is 0.245 e. The third kappa shape index (κ3) is 12.3. The molecule has 1 heterocycles. The van der Waals surface area contributed by atoms with Gasteiger partial charge in [-0.1, -0.05) is 72.1 Å². The van der Waals surface area contributed by atoms with Gasteiger partial charge < -0.3 is 41.7 Å². The predicted molar refractivity (Wildman–Crippen MR) is 184 cm³/mol. The van der Waals surface area contributed by atoms with Crippen LogP contribution in [0.1, 0.15) is 118 Å². The number of unbranched alkanes of at least 4 members (excludes halogenated alkanes) is 2. The van der Waals surface area contributed by atoms with Crippen LogP contribution in [0.2, 0.25) is 0 Å². The highest BCUT2D eigenvalue weighted by Gasteiger charge is 2.39. The van der Waals surface area contributed by atoms with Crippen molar-refractivity contribution >= 4 is 29.5 Å². The Morgan fingerprint density at radius 1 is 0.833 bits per heavy atom. The van der Waals surface area contributed by atoms with Crippen molar-refractivity contribution < 1.29 is 33.8 Å². The molecule has 48 heavy (non-hydrogen) atoms. The van der Waals surface area contributed by atoms with Crippen molar-refractivity contribution in [2.75, 3.05) is 20.2 Å². The Morgan fingerprint density at radius 3 is 2.06 bits per heavy atom. The standard InChI is InChI=1S/C35H64N6O7/c1-7-10-18-25-28(19-11-8-2)48-21-22(4)37-33(45)29(23(5)42)39-31(43)26(20-36)38-34(46)30(24-16-13-12-14-17-24)40-32(44)27(15-9-3)41(6)35(25)47/h22-30,42H,7-21,36H2,1-6H3,(H,37,45)(H,38,46)(H,39,43)(H,40,44)/t22-,23?,25-,26+,27+,28-,29+,30+/m1/s1. The van der Waals surface area contributed by atoms with E-state index in [2.05, 4.69) is 35.1 Å². The Bertz CT molecular complexity index is 1040. The van der Waals surface area contributed by atoms with Crippen molar-refractivity contribution in [2.24, 2.45) is 17.6 Å². The van der Waals surface area contributed by atoms with E-state index in [1.54, 1.807) is 14.0 Å². The lowest BCUT2D eigenvalue weighted by atomic mass is 9.83. The van der Waals surface area contributed by atoms with E-state index in [1.165, 1.54) is 11.8 Å². The predicted octanol–water partition coefficient (Wildman–Crippen LogP) is 1.89. The number of carbonyl (C=O) groups excluding carboxylic acids is 5. The number of ether oxygens (including phenoxy) is 1. The SMILES string of the molecule is CCCC[C@H]1OC[C@@H](C)NC(=O)[C@H](C(C)O)NC(=O)[C@H](CN)NC(=O)[C@H](C2CCCCC2)NC(=O)[C@H](CCC)N(C)C(=O)[C@@H]1CCCC. The van der Waals surface area contributed by atoms with Crippen LogP contribution in [0.25, 0.3) is 0 Å². The molecule has 1 aliphatic carbocycles. The number of nitrogens with one attached hydrogen (secondary N) is 4. The summed E-state index contributed by atoms with van der Waals surface area (Å²) >= 11 is 0. The van der Waals surface area contributed by atoms with Crippen molar-refractivity contribution in [2.45, 2.75) is 161 Å². The fourth-order valence-electron chi connectivity index (χ4n) is 6.80. The molecule has 2 rings (SSSR count). The number of hydrogen-bond donors (Lipinski definition) is 6. The van der Waals surface area contributed by atoms with E-state index in [9.17, 15) is 29.1 Å². The summed E-state index contributed by atoms with van der Waals surface area (Å²) in [7, 11) is 1.66. The van der Waals surface area contributed by atoms with Crippen molar-refractivity contribution in [3.05, 3.63) is 0 Å². The van der Waals surface area contributed by atoms with Crippen LogP contribution in [0.3, 0.4) is 0 Å². The number of likely N-dealkylation sites (N-methyl/N-ethyl adjacent to an activating group) is 1. The summed E-state index contributed by atoms with van der Waals surface area (Å²) in [5, 5.41) is 21.5. The first kappa shape index (κ1) is 41.4. The van der Waals surface area contributed by atoms with Crippen LogP contribution in [0.4, 0.5) is 0 Å². The van der Waals surface area contributed by atoms with Gasteiger partial charge in [0.25, 0.3) is 0 Å². The Kier molecular flexibility index (Phi) is 18.4. The first-order valence-corrected chi connectivity index (χ1v) is 18.4. The molecule has 1 aliphatic heterocycles. The van der Waals surface area contributed by atoms with Gasteiger partial charge in [-0.25, -0.2) is 0 Å². The molecule has 13 heteroatoms. The van der Waals surface area contributed by atoms with E-state index in [1.807, 2.05) is 6.92 Å². The average molecular weight is 681 g/mol. The maximum atomic E-state index is 14.3. The van der Waals surface area contributed by atoms with Gasteiger partial charge in [-0.05, 0) is 51.9 Å². The number of aliphatic hydroxyl groups is 1. The van der Waals surface area contributed by atoms with Gasteiger partial charge in [0.15, 0.2) is 0 Å². The summed E-state index contributed by atoms with van der Waals surface area (Å²) in [5.74, 6) is -3.16. The largest absolute Gasteiger partial charge is 0.391 e. The molecule has 1 unspecified atom stereocenters. The van der Waals surface area contributed by atoms with Crippen molar-refractivity contribution in [1.82, 2.24) is 26.2 Å². The average Bonchev–Trinajstić information content (AvgIpc) is 3.07. The molecule has 1 saturated carbocycles. The first-order chi connectivity index (χ1) is 22.9. The number of nitrogens with two attached hydrogens (primary N) is 1. The molecule has 5 amide bonds. The van der Waals surface area contributed by atoms with Crippen LogP contribution in [-0.4, -0.2) is 102 Å². The van der Waals surface area contributed by atoms with Crippen molar-refractivity contribution in [3.63, 3.8) is 0 Å². The van der Waals surface area contributed by atoms with Crippen LogP contribution >= 0.6 is 0 Å². The second-order valence-electron chi connectivity index (χ2n) is 13.8. The quantitative estimate of drug-likeness (QED) is 0.191. The molecule has 276 valence electrons. The molecule has 0 radical (unpaired) electrons. The zero-order valence-corrected chi connectivity index (χ0v) is 30.2. The highest BCUT2D eigenvalue weighted by atomic mass is 16.5. The molecule has 0 spiro atoms. The van der Waals surface area contributed by atoms with Crippen molar-refractivity contribution in [1.29, 1.82) is 0 Å². The number of hydrogen-bond acceptors (Lipinski definition) is 8. The van der Waals surface area contributed by atoms with Gasteiger partial charge in [-0.15, -0.1) is 0 Å². The second kappa shape index (κ2) is 21.3. The minimum Gasteiger partial charge on any atom is -0.391 e. The summed E-state index contributed by atoms with van der Waals surface area (Å²) in [6.07, 6.45) is 8.28. The molecule has 0 aromatic rings. The second-order valence-corrected chi connectivity index (χ2v) is 13.8. The van der Waals surface area contributed by atoms with Gasteiger partial charge in [0, 0.05) is 19.6 Å². The third-order valence-electron chi connectivity index (χ3n) is 9.74. The molecule has 0 aromatic heterocycles. The maximum absolute atomic E-state index is 14.3. The van der Waals surface area contributed by atoms with Gasteiger partial charge >= 0.3 is 0 Å². The number of amides is 5. The van der Waals surface area contributed by atoms with Gasteiger partial charge in [0.1, 0.15) is 24.2 Å². The molecule has 1 saturated heterocycles. The number of nitrogens with zero attached hydrogens (tertiary/aromatic N) is 1. The molecular weight excluding hydrogens is 616 g/mol. The summed E-state index contributed by atoms with van der Waals surface area (Å²) in [6, 6.07) is -4.80. The molecular formula is C35H64N6O7. The van der Waals surface area contributed by atoms with E-state index in [4.69, 9.17) is 10.5 Å². The summed E-state index contributed by atoms with van der Waals surface area (Å²) in [4.78, 5) is 70.5. The fraction of sp³-hybridized carbons (Fsp3) is 0.857. The fourth-order valence-corrected chi connectivity index (χ4v) is 6.80. The molecule has 0 aromatic carbocycles. The number of aliphatic hydroxyl groups excluding tert-OH is 1. The Hall–Kier alpha value is -2.77. The molecule has 2 fully saturated rings. The van der Waals surface area contributed by atoms with E-state index in [0.717, 1.165) is 57.8 Å². The van der Waals surface area contributed by atoms with Crippen LogP contribution < -0.4 is 27.0 Å². The summed E-state index contributed by atoms with van der Waals surface area (Å²) < 4.78 is 6.40. The number of rotatable bonds is 11. The molecule has 8 atom stereocenters. The Balaban J connectivity index is 2.60. The lowest BCUT2D eigenvalue weighted by Gasteiger charge is -2.36. The monoisotopic (exact) mass is 680 g/mol. The zero-order valence-electron chi connectivity index (χ0n) is 30.2. The van der Waals surface area contributed by atoms with Crippen LogP contribution in [0, 0.1) is 11.8 Å². The summed E-state index contributed by atoms with van der Waals surface area (Å²) in [6.45, 7) is 9.06. The van der Waals surface area contributed by atoms with Gasteiger partial charge in [-0.3, -0.25) is 24.0 Å². The highest BCUT2D eigenvalue weighted by molar-refractivity contribution is 5.96. The molecule has 13 nitrogen and oxygen atoms in total. The van der Waals surface area contributed by atoms with Gasteiger partial charge in [0.05, 0.1) is 24.7 Å². The Labute approximate surface area is 287 Å². The lowest BCUT2D eigenvalue weighted by molar-refractivity contribution is -0.148. The van der Waals surface area contributed by atoms with E-state index < -0.39 is 72.0 Å². The maximum Gasteiger partial charge on any atom is 0.245 e. The minimum absolute atomic E-state index is 0.101. The topological polar surface area (TPSA) is 192 Å². The van der Waals surface area contributed by atoms with Crippen molar-refractivity contribution in [3.8, 4) is 0 Å².